The van der Waals surface area contributed by atoms with Gasteiger partial charge in [-0.1, -0.05) is 44.9 Å². The van der Waals surface area contributed by atoms with Crippen LogP contribution in [0.4, 0.5) is 0 Å². The molecule has 0 radical (unpaired) electrons. The van der Waals surface area contributed by atoms with Crippen LogP contribution >= 0.6 is 0 Å². The highest BCUT2D eigenvalue weighted by Crippen LogP contribution is 2.20. The van der Waals surface area contributed by atoms with Crippen molar-refractivity contribution in [3.05, 3.63) is 48.3 Å². The number of hydrogen-bond acceptors (Lipinski definition) is 4. The lowest BCUT2D eigenvalue weighted by atomic mass is 9.92. The van der Waals surface area contributed by atoms with Crippen LogP contribution in [0.25, 0.3) is 5.69 Å². The second-order valence-electron chi connectivity index (χ2n) is 7.01. The van der Waals surface area contributed by atoms with E-state index < -0.39 is 0 Å². The minimum atomic E-state index is -0.0682. The molecule has 2 aromatic rings. The van der Waals surface area contributed by atoms with Crippen molar-refractivity contribution < 1.29 is 9.53 Å². The molecule has 27 heavy (non-hydrogen) atoms. The molecular formula is C21H30N4O2. The summed E-state index contributed by atoms with van der Waals surface area (Å²) in [6.07, 6.45) is 5.63. The normalized spacial score (nSPS) is 16.4. The molecule has 1 amide bonds. The van der Waals surface area contributed by atoms with Gasteiger partial charge in [-0.05, 0) is 18.1 Å². The number of morpholine rings is 1. The first-order valence-electron chi connectivity index (χ1n) is 9.93. The first kappa shape index (κ1) is 19.6. The smallest absolute Gasteiger partial charge is 0.254 e. The summed E-state index contributed by atoms with van der Waals surface area (Å²) in [7, 11) is 0. The van der Waals surface area contributed by atoms with E-state index in [9.17, 15) is 4.79 Å². The van der Waals surface area contributed by atoms with Gasteiger partial charge in [-0.25, -0.2) is 4.68 Å². The monoisotopic (exact) mass is 370 g/mol. The Kier molecular flexibility index (Phi) is 7.01. The summed E-state index contributed by atoms with van der Waals surface area (Å²) in [6, 6.07) is 10.2. The Morgan fingerprint density at radius 2 is 1.89 bits per heavy atom. The van der Waals surface area contributed by atoms with E-state index in [-0.39, 0.29) is 5.91 Å². The minimum absolute atomic E-state index is 0.0682. The number of amides is 1. The van der Waals surface area contributed by atoms with Crippen molar-refractivity contribution in [3.63, 3.8) is 0 Å². The fraction of sp³-hybridized carbons (Fsp3) is 0.524. The van der Waals surface area contributed by atoms with Crippen LogP contribution in [0.3, 0.4) is 0 Å². The highest BCUT2D eigenvalue weighted by molar-refractivity contribution is 5.93. The van der Waals surface area contributed by atoms with Gasteiger partial charge in [0, 0.05) is 31.9 Å². The predicted octanol–water partition coefficient (Wildman–Crippen LogP) is 2.74. The van der Waals surface area contributed by atoms with Crippen molar-refractivity contribution in [2.45, 2.75) is 32.7 Å². The third-order valence-electron chi connectivity index (χ3n) is 5.44. The van der Waals surface area contributed by atoms with Crippen molar-refractivity contribution >= 4 is 5.91 Å². The summed E-state index contributed by atoms with van der Waals surface area (Å²) in [5.74, 6) is 0.497. The van der Waals surface area contributed by atoms with Gasteiger partial charge in [-0.2, -0.15) is 5.10 Å². The van der Waals surface area contributed by atoms with Crippen LogP contribution in [0.2, 0.25) is 0 Å². The molecule has 0 saturated carbocycles. The number of rotatable bonds is 8. The van der Waals surface area contributed by atoms with E-state index in [2.05, 4.69) is 29.2 Å². The van der Waals surface area contributed by atoms with Crippen LogP contribution in [0.1, 0.15) is 37.0 Å². The quantitative estimate of drug-likeness (QED) is 0.776. The SMILES string of the molecule is CCC(CC)C(CNC(=O)c1cnn(-c2ccccc2)c1)N1CCOCC1. The fourth-order valence-electron chi connectivity index (χ4n) is 3.80. The average molecular weight is 370 g/mol. The molecule has 1 atom stereocenters. The lowest BCUT2D eigenvalue weighted by Gasteiger charge is -2.38. The van der Waals surface area contributed by atoms with Crippen LogP contribution in [0.5, 0.6) is 0 Å². The Bertz CT molecular complexity index is 706. The number of ether oxygens (including phenoxy) is 1. The van der Waals surface area contributed by atoms with E-state index in [1.54, 1.807) is 17.1 Å². The van der Waals surface area contributed by atoms with Crippen LogP contribution in [-0.2, 0) is 4.74 Å². The highest BCUT2D eigenvalue weighted by Gasteiger charge is 2.27. The zero-order valence-electron chi connectivity index (χ0n) is 16.3. The molecule has 146 valence electrons. The van der Waals surface area contributed by atoms with Crippen molar-refractivity contribution in [2.75, 3.05) is 32.8 Å². The molecule has 1 saturated heterocycles. The van der Waals surface area contributed by atoms with Gasteiger partial charge < -0.3 is 10.1 Å². The molecule has 1 aliphatic rings. The van der Waals surface area contributed by atoms with E-state index in [0.717, 1.165) is 44.8 Å². The van der Waals surface area contributed by atoms with Gasteiger partial charge in [0.05, 0.1) is 30.7 Å². The summed E-state index contributed by atoms with van der Waals surface area (Å²) in [5, 5.41) is 7.46. The Hall–Kier alpha value is -2.18. The third kappa shape index (κ3) is 4.96. The molecule has 0 spiro atoms. The number of aromatic nitrogens is 2. The number of carbonyl (C=O) groups excluding carboxylic acids is 1. The molecule has 6 nitrogen and oxygen atoms in total. The molecule has 1 unspecified atom stereocenters. The van der Waals surface area contributed by atoms with Gasteiger partial charge in [0.2, 0.25) is 0 Å². The third-order valence-corrected chi connectivity index (χ3v) is 5.44. The Labute approximate surface area is 161 Å². The molecule has 1 aliphatic heterocycles. The second kappa shape index (κ2) is 9.67. The standard InChI is InChI=1S/C21H30N4O2/c1-3-17(4-2)20(24-10-12-27-13-11-24)15-22-21(26)18-14-23-25(16-18)19-8-6-5-7-9-19/h5-9,14,16-17,20H,3-4,10-13,15H2,1-2H3,(H,22,26). The second-order valence-corrected chi connectivity index (χ2v) is 7.01. The van der Waals surface area contributed by atoms with Crippen molar-refractivity contribution in [2.24, 2.45) is 5.92 Å². The molecule has 1 fully saturated rings. The number of para-hydroxylation sites is 1. The number of benzene rings is 1. The molecule has 2 heterocycles. The van der Waals surface area contributed by atoms with Crippen LogP contribution < -0.4 is 5.32 Å². The van der Waals surface area contributed by atoms with E-state index in [4.69, 9.17) is 4.74 Å². The Morgan fingerprint density at radius 1 is 1.19 bits per heavy atom. The topological polar surface area (TPSA) is 59.4 Å². The molecule has 0 bridgehead atoms. The Morgan fingerprint density at radius 3 is 2.56 bits per heavy atom. The van der Waals surface area contributed by atoms with Crippen molar-refractivity contribution in [1.29, 1.82) is 0 Å². The Balaban J connectivity index is 1.64. The first-order chi connectivity index (χ1) is 13.2. The molecule has 0 aliphatic carbocycles. The summed E-state index contributed by atoms with van der Waals surface area (Å²) in [5.41, 5.74) is 1.53. The first-order valence-corrected chi connectivity index (χ1v) is 9.93. The van der Waals surface area contributed by atoms with Gasteiger partial charge >= 0.3 is 0 Å². The van der Waals surface area contributed by atoms with Crippen LogP contribution in [-0.4, -0.2) is 59.5 Å². The zero-order valence-corrected chi connectivity index (χ0v) is 16.3. The molecule has 6 heteroatoms. The van der Waals surface area contributed by atoms with E-state index in [0.29, 0.717) is 24.1 Å². The molecule has 1 N–H and O–H groups in total. The number of nitrogens with zero attached hydrogens (tertiary/aromatic N) is 3. The largest absolute Gasteiger partial charge is 0.379 e. The summed E-state index contributed by atoms with van der Waals surface area (Å²) >= 11 is 0. The maximum atomic E-state index is 12.7. The van der Waals surface area contributed by atoms with E-state index in [1.165, 1.54) is 0 Å². The molecular weight excluding hydrogens is 340 g/mol. The van der Waals surface area contributed by atoms with Crippen LogP contribution in [0.15, 0.2) is 42.7 Å². The van der Waals surface area contributed by atoms with Gasteiger partial charge in [0.25, 0.3) is 5.91 Å². The minimum Gasteiger partial charge on any atom is -0.379 e. The van der Waals surface area contributed by atoms with Gasteiger partial charge in [0.1, 0.15) is 0 Å². The number of hydrogen-bond donors (Lipinski definition) is 1. The summed E-state index contributed by atoms with van der Waals surface area (Å²) in [6.45, 7) is 8.52. The van der Waals surface area contributed by atoms with Crippen molar-refractivity contribution in [1.82, 2.24) is 20.0 Å². The summed E-state index contributed by atoms with van der Waals surface area (Å²) in [4.78, 5) is 15.1. The molecule has 1 aromatic carbocycles. The average Bonchev–Trinajstić information content (AvgIpc) is 3.22. The van der Waals surface area contributed by atoms with Gasteiger partial charge in [0.15, 0.2) is 0 Å². The zero-order chi connectivity index (χ0) is 19.1. The lowest BCUT2D eigenvalue weighted by Crippen LogP contribution is -2.52. The maximum absolute atomic E-state index is 12.7. The predicted molar refractivity (Wildman–Crippen MR) is 106 cm³/mol. The fourth-order valence-corrected chi connectivity index (χ4v) is 3.80. The number of nitrogens with one attached hydrogen (secondary N) is 1. The highest BCUT2D eigenvalue weighted by atomic mass is 16.5. The van der Waals surface area contributed by atoms with Crippen molar-refractivity contribution in [3.8, 4) is 5.69 Å². The van der Waals surface area contributed by atoms with Crippen LogP contribution in [0, 0.1) is 5.92 Å². The maximum Gasteiger partial charge on any atom is 0.254 e. The molecule has 3 rings (SSSR count). The van der Waals surface area contributed by atoms with Gasteiger partial charge in [-0.15, -0.1) is 0 Å². The summed E-state index contributed by atoms with van der Waals surface area (Å²) < 4.78 is 7.23. The lowest BCUT2D eigenvalue weighted by molar-refractivity contribution is 0.00191. The van der Waals surface area contributed by atoms with E-state index >= 15 is 0 Å². The van der Waals surface area contributed by atoms with E-state index in [1.807, 2.05) is 30.3 Å². The number of carbonyl (C=O) groups is 1. The molecule has 1 aromatic heterocycles. The van der Waals surface area contributed by atoms with Gasteiger partial charge in [-0.3, -0.25) is 9.69 Å².